The molecule has 2 rings (SSSR count). The molecule has 0 aliphatic heterocycles. The van der Waals surface area contributed by atoms with Crippen molar-refractivity contribution in [2.75, 3.05) is 25.0 Å². The Bertz CT molecular complexity index is 665. The van der Waals surface area contributed by atoms with Crippen molar-refractivity contribution >= 4 is 29.1 Å². The first-order valence-electron chi connectivity index (χ1n) is 9.99. The zero-order valence-electron chi connectivity index (χ0n) is 16.9. The summed E-state index contributed by atoms with van der Waals surface area (Å²) < 4.78 is 0. The molecule has 1 unspecified atom stereocenters. The average Bonchev–Trinajstić information content (AvgIpc) is 2.61. The molecular formula is C21H33ClN3O2+. The third kappa shape index (κ3) is 6.51. The van der Waals surface area contributed by atoms with Crippen LogP contribution in [0.25, 0.3) is 0 Å². The molecule has 6 heteroatoms. The fourth-order valence-electron chi connectivity index (χ4n) is 3.73. The van der Waals surface area contributed by atoms with Crippen molar-refractivity contribution in [2.45, 2.75) is 53.0 Å². The summed E-state index contributed by atoms with van der Waals surface area (Å²) >= 11 is 6.01. The number of hydrogen-bond donors (Lipinski definition) is 3. The molecule has 27 heavy (non-hydrogen) atoms. The van der Waals surface area contributed by atoms with Gasteiger partial charge in [0.05, 0.1) is 6.54 Å². The Labute approximate surface area is 167 Å². The van der Waals surface area contributed by atoms with Gasteiger partial charge in [-0.25, -0.2) is 0 Å². The van der Waals surface area contributed by atoms with Crippen molar-refractivity contribution in [1.82, 2.24) is 5.32 Å². The average molecular weight is 395 g/mol. The van der Waals surface area contributed by atoms with Gasteiger partial charge in [0, 0.05) is 16.8 Å². The first-order chi connectivity index (χ1) is 12.8. The van der Waals surface area contributed by atoms with Crippen LogP contribution in [0.5, 0.6) is 0 Å². The molecule has 0 aromatic heterocycles. The van der Waals surface area contributed by atoms with Crippen LogP contribution < -0.4 is 15.5 Å². The van der Waals surface area contributed by atoms with E-state index in [2.05, 4.69) is 24.5 Å². The van der Waals surface area contributed by atoms with Crippen LogP contribution in [0.15, 0.2) is 18.2 Å². The second kappa shape index (κ2) is 10.1. The van der Waals surface area contributed by atoms with Gasteiger partial charge in [-0.2, -0.15) is 0 Å². The number of quaternary nitrogens is 1. The molecule has 5 nitrogen and oxygen atoms in total. The van der Waals surface area contributed by atoms with Crippen LogP contribution in [0.2, 0.25) is 5.02 Å². The molecule has 2 amide bonds. The topological polar surface area (TPSA) is 62.6 Å². The van der Waals surface area contributed by atoms with Crippen LogP contribution in [-0.4, -0.2) is 37.5 Å². The van der Waals surface area contributed by atoms with Crippen LogP contribution in [0.3, 0.4) is 0 Å². The summed E-state index contributed by atoms with van der Waals surface area (Å²) in [6.07, 6.45) is 3.46. The summed E-state index contributed by atoms with van der Waals surface area (Å²) in [5, 5.41) is 6.69. The second-order valence-electron chi connectivity index (χ2n) is 7.91. The molecule has 1 aliphatic carbocycles. The first-order valence-corrected chi connectivity index (χ1v) is 10.4. The van der Waals surface area contributed by atoms with Crippen molar-refractivity contribution in [2.24, 2.45) is 11.8 Å². The molecule has 1 aromatic rings. The molecule has 4 atom stereocenters. The minimum atomic E-state index is -0.107. The molecule has 0 bridgehead atoms. The van der Waals surface area contributed by atoms with Crippen molar-refractivity contribution < 1.29 is 14.5 Å². The van der Waals surface area contributed by atoms with E-state index in [1.54, 1.807) is 12.1 Å². The predicted octanol–water partition coefficient (Wildman–Crippen LogP) is 2.43. The molecule has 3 N–H and O–H groups in total. The van der Waals surface area contributed by atoms with Gasteiger partial charge in [0.15, 0.2) is 13.1 Å². The lowest BCUT2D eigenvalue weighted by Crippen LogP contribution is -3.14. The van der Waals surface area contributed by atoms with E-state index in [9.17, 15) is 9.59 Å². The van der Waals surface area contributed by atoms with Crippen molar-refractivity contribution in [3.8, 4) is 0 Å². The second-order valence-corrected chi connectivity index (χ2v) is 8.34. The highest BCUT2D eigenvalue weighted by Gasteiger charge is 2.29. The molecule has 1 saturated carbocycles. The number of nitrogens with one attached hydrogen (secondary N) is 3. The lowest BCUT2D eigenvalue weighted by molar-refractivity contribution is -0.881. The van der Waals surface area contributed by atoms with E-state index in [4.69, 9.17) is 11.6 Å². The van der Waals surface area contributed by atoms with Crippen molar-refractivity contribution in [1.29, 1.82) is 0 Å². The molecule has 150 valence electrons. The van der Waals surface area contributed by atoms with Crippen LogP contribution in [0.4, 0.5) is 5.69 Å². The predicted molar refractivity (Wildman–Crippen MR) is 110 cm³/mol. The van der Waals surface area contributed by atoms with E-state index >= 15 is 0 Å². The summed E-state index contributed by atoms with van der Waals surface area (Å²) in [4.78, 5) is 25.8. The molecule has 0 saturated heterocycles. The smallest absolute Gasteiger partial charge is 0.279 e. The van der Waals surface area contributed by atoms with Crippen molar-refractivity contribution in [3.05, 3.63) is 28.8 Å². The fourth-order valence-corrected chi connectivity index (χ4v) is 3.91. The number of aryl methyl sites for hydroxylation is 1. The lowest BCUT2D eigenvalue weighted by atomic mass is 9.78. The number of rotatable bonds is 7. The number of anilines is 1. The van der Waals surface area contributed by atoms with Gasteiger partial charge in [0.2, 0.25) is 0 Å². The number of benzene rings is 1. The molecule has 0 spiro atoms. The Balaban J connectivity index is 1.86. The Morgan fingerprint density at radius 2 is 1.89 bits per heavy atom. The number of carbonyl (C=O) groups excluding carboxylic acids is 2. The van der Waals surface area contributed by atoms with Gasteiger partial charge in [-0.15, -0.1) is 0 Å². The Hall–Kier alpha value is -1.59. The minimum Gasteiger partial charge on any atom is -0.348 e. The monoisotopic (exact) mass is 394 g/mol. The highest BCUT2D eigenvalue weighted by atomic mass is 35.5. The number of likely N-dealkylation sites (N-methyl/N-ethyl adjacent to an activating group) is 1. The summed E-state index contributed by atoms with van der Waals surface area (Å²) in [6.45, 7) is 9.69. The van der Waals surface area contributed by atoms with E-state index in [-0.39, 0.29) is 24.4 Å². The molecule has 1 aliphatic rings. The first kappa shape index (κ1) is 21.7. The number of carbonyl (C=O) groups is 2. The fraction of sp³-hybridized carbons (Fsp3) is 0.619. The van der Waals surface area contributed by atoms with Gasteiger partial charge in [0.1, 0.15) is 0 Å². The SMILES string of the molecule is CC[NH+](CC(=O)Nc1cc(Cl)ccc1C)CC(=O)N[C@@H]1CCC[C@H](C)[C@@H]1C. The van der Waals surface area contributed by atoms with E-state index in [0.29, 0.717) is 29.9 Å². The van der Waals surface area contributed by atoms with E-state index in [1.165, 1.54) is 12.8 Å². The number of halogens is 1. The minimum absolute atomic E-state index is 0.0320. The highest BCUT2D eigenvalue weighted by Crippen LogP contribution is 2.29. The van der Waals surface area contributed by atoms with E-state index in [1.807, 2.05) is 19.9 Å². The van der Waals surface area contributed by atoms with Crippen LogP contribution in [0.1, 0.15) is 45.6 Å². The van der Waals surface area contributed by atoms with Crippen LogP contribution in [-0.2, 0) is 9.59 Å². The maximum atomic E-state index is 12.5. The van der Waals surface area contributed by atoms with Crippen molar-refractivity contribution in [3.63, 3.8) is 0 Å². The number of amides is 2. The summed E-state index contributed by atoms with van der Waals surface area (Å²) in [6, 6.07) is 5.68. The van der Waals surface area contributed by atoms with Crippen LogP contribution >= 0.6 is 11.6 Å². The molecular weight excluding hydrogens is 362 g/mol. The summed E-state index contributed by atoms with van der Waals surface area (Å²) in [7, 11) is 0. The Kier molecular flexibility index (Phi) is 8.11. The van der Waals surface area contributed by atoms with Gasteiger partial charge in [-0.1, -0.05) is 44.4 Å². The maximum absolute atomic E-state index is 12.5. The molecule has 1 aromatic carbocycles. The van der Waals surface area contributed by atoms with E-state index in [0.717, 1.165) is 22.6 Å². The summed E-state index contributed by atoms with van der Waals surface area (Å²) in [5.74, 6) is 1.07. The Morgan fingerprint density at radius 3 is 2.59 bits per heavy atom. The molecule has 1 fully saturated rings. The normalized spacial score (nSPS) is 23.5. The quantitative estimate of drug-likeness (QED) is 0.665. The third-order valence-electron chi connectivity index (χ3n) is 5.85. The zero-order valence-corrected chi connectivity index (χ0v) is 17.7. The van der Waals surface area contributed by atoms with Gasteiger partial charge in [0.25, 0.3) is 11.8 Å². The molecule has 0 radical (unpaired) electrons. The maximum Gasteiger partial charge on any atom is 0.279 e. The summed E-state index contributed by atoms with van der Waals surface area (Å²) in [5.41, 5.74) is 1.68. The molecule has 0 heterocycles. The Morgan fingerprint density at radius 1 is 1.19 bits per heavy atom. The van der Waals surface area contributed by atoms with E-state index < -0.39 is 0 Å². The highest BCUT2D eigenvalue weighted by molar-refractivity contribution is 6.31. The lowest BCUT2D eigenvalue weighted by Gasteiger charge is -2.34. The van der Waals surface area contributed by atoms with Gasteiger partial charge in [-0.3, -0.25) is 9.59 Å². The zero-order chi connectivity index (χ0) is 20.0. The van der Waals surface area contributed by atoms with Gasteiger partial charge < -0.3 is 15.5 Å². The van der Waals surface area contributed by atoms with Gasteiger partial charge in [-0.05, 0) is 49.8 Å². The number of hydrogen-bond acceptors (Lipinski definition) is 2. The third-order valence-corrected chi connectivity index (χ3v) is 6.08. The standard InChI is InChI=1S/C21H32ClN3O2/c1-5-25(12-20(26)23-18-8-6-7-14(2)16(18)4)13-21(27)24-19-11-17(22)10-9-15(19)3/h9-11,14,16,18H,5-8,12-13H2,1-4H3,(H,23,26)(H,24,27)/p+1/t14-,16-,18+/m0/s1. The van der Waals surface area contributed by atoms with Gasteiger partial charge >= 0.3 is 0 Å². The largest absolute Gasteiger partial charge is 0.348 e. The van der Waals surface area contributed by atoms with Crippen LogP contribution in [0, 0.1) is 18.8 Å².